The highest BCUT2D eigenvalue weighted by molar-refractivity contribution is 7.91. The molecular formula is C25H25NO5S. The number of nitrogens with one attached hydrogen (secondary N) is 1. The van der Waals surface area contributed by atoms with Gasteiger partial charge < -0.3 is 15.2 Å². The number of methoxy groups -OCH3 is 1. The molecule has 166 valence electrons. The van der Waals surface area contributed by atoms with Crippen LogP contribution in [-0.4, -0.2) is 38.4 Å². The second-order valence-corrected chi connectivity index (χ2v) is 10.1. The van der Waals surface area contributed by atoms with Crippen LogP contribution in [0.4, 0.5) is 5.69 Å². The Hall–Kier alpha value is -3.16. The van der Waals surface area contributed by atoms with Crippen molar-refractivity contribution in [2.45, 2.75) is 30.3 Å². The first-order valence-corrected chi connectivity index (χ1v) is 12.0. The number of aliphatic hydroxyl groups excluding tert-OH is 1. The smallest absolute Gasteiger partial charge is 0.255 e. The number of anilines is 1. The molecule has 2 atom stereocenters. The summed E-state index contributed by atoms with van der Waals surface area (Å²) in [5, 5.41) is 13.5. The molecule has 2 unspecified atom stereocenters. The van der Waals surface area contributed by atoms with E-state index in [1.165, 1.54) is 7.11 Å². The number of fused-ring (bicyclic) bond motifs is 1. The van der Waals surface area contributed by atoms with Crippen LogP contribution in [0.3, 0.4) is 0 Å². The lowest BCUT2D eigenvalue weighted by atomic mass is 10.0. The van der Waals surface area contributed by atoms with Gasteiger partial charge in [0.2, 0.25) is 0 Å². The quantitative estimate of drug-likeness (QED) is 0.596. The van der Waals surface area contributed by atoms with Crippen molar-refractivity contribution in [1.82, 2.24) is 0 Å². The Kier molecular flexibility index (Phi) is 6.04. The van der Waals surface area contributed by atoms with E-state index >= 15 is 0 Å². The molecule has 0 aliphatic heterocycles. The molecule has 4 rings (SSSR count). The minimum Gasteiger partial charge on any atom is -0.497 e. The summed E-state index contributed by atoms with van der Waals surface area (Å²) in [6.07, 6.45) is -0.415. The Bertz CT molecular complexity index is 1270. The summed E-state index contributed by atoms with van der Waals surface area (Å²) < 4.78 is 31.2. The molecule has 1 aliphatic carbocycles. The Labute approximate surface area is 187 Å². The summed E-state index contributed by atoms with van der Waals surface area (Å²) in [5.41, 5.74) is 3.49. The van der Waals surface area contributed by atoms with Gasteiger partial charge in [-0.25, -0.2) is 8.42 Å². The summed E-state index contributed by atoms with van der Waals surface area (Å²) in [6, 6.07) is 19.0. The van der Waals surface area contributed by atoms with Crippen molar-refractivity contribution in [2.75, 3.05) is 18.2 Å². The third-order valence-electron chi connectivity index (χ3n) is 5.78. The van der Waals surface area contributed by atoms with Crippen LogP contribution in [0.2, 0.25) is 0 Å². The number of sulfone groups is 1. The van der Waals surface area contributed by atoms with E-state index in [-0.39, 0.29) is 16.6 Å². The fraction of sp³-hybridized carbons (Fsp3) is 0.240. The lowest BCUT2D eigenvalue weighted by molar-refractivity contribution is 0.102. The molecule has 0 saturated heterocycles. The van der Waals surface area contributed by atoms with Gasteiger partial charge >= 0.3 is 0 Å². The van der Waals surface area contributed by atoms with Gasteiger partial charge in [0.1, 0.15) is 5.75 Å². The second kappa shape index (κ2) is 8.76. The molecule has 0 heterocycles. The molecule has 0 aromatic heterocycles. The van der Waals surface area contributed by atoms with E-state index in [1.807, 2.05) is 19.1 Å². The van der Waals surface area contributed by atoms with Crippen molar-refractivity contribution in [1.29, 1.82) is 0 Å². The first-order valence-electron chi connectivity index (χ1n) is 10.3. The van der Waals surface area contributed by atoms with Gasteiger partial charge in [-0.1, -0.05) is 24.3 Å². The maximum absolute atomic E-state index is 13.0. The van der Waals surface area contributed by atoms with Gasteiger partial charge in [0.15, 0.2) is 9.84 Å². The van der Waals surface area contributed by atoms with Crippen molar-refractivity contribution in [3.63, 3.8) is 0 Å². The predicted molar refractivity (Wildman–Crippen MR) is 123 cm³/mol. The van der Waals surface area contributed by atoms with E-state index in [2.05, 4.69) is 5.32 Å². The maximum atomic E-state index is 13.0. The lowest BCUT2D eigenvalue weighted by Gasteiger charge is -2.17. The van der Waals surface area contributed by atoms with E-state index in [9.17, 15) is 18.3 Å². The molecule has 3 aromatic carbocycles. The summed E-state index contributed by atoms with van der Waals surface area (Å²) in [7, 11) is -2.05. The van der Waals surface area contributed by atoms with Crippen LogP contribution in [0.5, 0.6) is 5.75 Å². The number of hydrogen-bond acceptors (Lipinski definition) is 5. The van der Waals surface area contributed by atoms with Crippen LogP contribution >= 0.6 is 0 Å². The summed E-state index contributed by atoms with van der Waals surface area (Å²) in [4.78, 5) is 12.9. The van der Waals surface area contributed by atoms with Gasteiger partial charge in [-0.2, -0.15) is 0 Å². The van der Waals surface area contributed by atoms with Crippen LogP contribution < -0.4 is 10.1 Å². The Balaban J connectivity index is 1.58. The van der Waals surface area contributed by atoms with Gasteiger partial charge in [0, 0.05) is 17.2 Å². The third-order valence-corrected chi connectivity index (χ3v) is 7.55. The maximum Gasteiger partial charge on any atom is 0.255 e. The largest absolute Gasteiger partial charge is 0.497 e. The zero-order chi connectivity index (χ0) is 22.9. The Morgan fingerprint density at radius 1 is 1.09 bits per heavy atom. The van der Waals surface area contributed by atoms with E-state index in [0.29, 0.717) is 23.4 Å². The highest BCUT2D eigenvalue weighted by Crippen LogP contribution is 2.37. The highest BCUT2D eigenvalue weighted by Gasteiger charge is 2.35. The van der Waals surface area contributed by atoms with E-state index in [1.54, 1.807) is 54.6 Å². The first-order chi connectivity index (χ1) is 15.3. The van der Waals surface area contributed by atoms with Gasteiger partial charge in [0.25, 0.3) is 5.91 Å². The number of carbonyl (C=O) groups excluding carboxylic acids is 1. The number of rotatable bonds is 6. The second-order valence-electron chi connectivity index (χ2n) is 8.08. The lowest BCUT2D eigenvalue weighted by Crippen LogP contribution is -2.22. The zero-order valence-corrected chi connectivity index (χ0v) is 18.7. The number of hydrogen-bond donors (Lipinski definition) is 2. The topological polar surface area (TPSA) is 92.7 Å². The van der Waals surface area contributed by atoms with Gasteiger partial charge in [-0.15, -0.1) is 0 Å². The molecular weight excluding hydrogens is 426 g/mol. The normalized spacial score (nSPS) is 17.6. The minimum atomic E-state index is -3.59. The van der Waals surface area contributed by atoms with Crippen LogP contribution in [0.25, 0.3) is 0 Å². The zero-order valence-electron chi connectivity index (χ0n) is 17.9. The SMILES string of the molecule is COc1cccc(C(=O)Nc2ccc3c(c2)C(CS(=O)(=O)c2cccc(C)c2)C(O)C3)c1. The molecule has 0 radical (unpaired) electrons. The van der Waals surface area contributed by atoms with Gasteiger partial charge in [-0.3, -0.25) is 4.79 Å². The van der Waals surface area contributed by atoms with Gasteiger partial charge in [0.05, 0.1) is 23.9 Å². The van der Waals surface area contributed by atoms with Crippen LogP contribution in [0.1, 0.15) is 33.0 Å². The number of benzene rings is 3. The number of ether oxygens (including phenoxy) is 1. The van der Waals surface area contributed by atoms with Crippen molar-refractivity contribution in [2.24, 2.45) is 0 Å². The number of aliphatic hydroxyl groups is 1. The fourth-order valence-corrected chi connectivity index (χ4v) is 5.81. The molecule has 7 heteroatoms. The van der Waals surface area contributed by atoms with Crippen molar-refractivity contribution in [3.8, 4) is 5.75 Å². The standard InChI is InChI=1S/C25H25NO5S/c1-16-5-3-8-21(11-16)32(29,30)15-23-22-14-19(10-9-17(22)13-24(23)27)26-25(28)18-6-4-7-20(12-18)31-2/h3-12,14,23-24,27H,13,15H2,1-2H3,(H,26,28). The Morgan fingerprint density at radius 3 is 2.62 bits per heavy atom. The van der Waals surface area contributed by atoms with E-state index in [4.69, 9.17) is 4.74 Å². The third kappa shape index (κ3) is 4.54. The average Bonchev–Trinajstić information content (AvgIpc) is 3.08. The van der Waals surface area contributed by atoms with E-state index in [0.717, 1.165) is 16.7 Å². The molecule has 0 fully saturated rings. The minimum absolute atomic E-state index is 0.197. The highest BCUT2D eigenvalue weighted by atomic mass is 32.2. The molecule has 32 heavy (non-hydrogen) atoms. The Morgan fingerprint density at radius 2 is 1.88 bits per heavy atom. The molecule has 0 bridgehead atoms. The van der Waals surface area contributed by atoms with Crippen LogP contribution in [0, 0.1) is 6.92 Å². The number of amides is 1. The first kappa shape index (κ1) is 22.0. The van der Waals surface area contributed by atoms with Crippen molar-refractivity contribution in [3.05, 3.63) is 89.0 Å². The molecule has 0 saturated carbocycles. The molecule has 1 aliphatic rings. The van der Waals surface area contributed by atoms with Crippen molar-refractivity contribution >= 4 is 21.4 Å². The molecule has 1 amide bonds. The number of carbonyl (C=O) groups is 1. The van der Waals surface area contributed by atoms with Crippen LogP contribution in [0.15, 0.2) is 71.6 Å². The van der Waals surface area contributed by atoms with Crippen molar-refractivity contribution < 1.29 is 23.1 Å². The summed E-state index contributed by atoms with van der Waals surface area (Å²) >= 11 is 0. The summed E-state index contributed by atoms with van der Waals surface area (Å²) in [6.45, 7) is 1.84. The van der Waals surface area contributed by atoms with Crippen LogP contribution in [-0.2, 0) is 16.3 Å². The van der Waals surface area contributed by atoms with E-state index < -0.39 is 21.9 Å². The predicted octanol–water partition coefficient (Wildman–Crippen LogP) is 3.73. The summed E-state index contributed by atoms with van der Waals surface area (Å²) in [5.74, 6) is -0.482. The molecule has 6 nitrogen and oxygen atoms in total. The fourth-order valence-electron chi connectivity index (χ4n) is 4.09. The molecule has 2 N–H and O–H groups in total. The van der Waals surface area contributed by atoms with Gasteiger partial charge in [-0.05, 0) is 72.5 Å². The molecule has 0 spiro atoms. The number of aryl methyl sites for hydroxylation is 1. The average molecular weight is 452 g/mol. The monoisotopic (exact) mass is 451 g/mol. The molecule has 3 aromatic rings.